The van der Waals surface area contributed by atoms with Crippen LogP contribution in [-0.2, 0) is 20.7 Å². The monoisotopic (exact) mass is 512 g/mol. The predicted molar refractivity (Wildman–Crippen MR) is 135 cm³/mol. The molecule has 1 aromatic carbocycles. The molecular weight excluding hydrogens is 475 g/mol. The van der Waals surface area contributed by atoms with Gasteiger partial charge in [0.1, 0.15) is 23.5 Å². The molecule has 1 N–H and O–H groups in total. The van der Waals surface area contributed by atoms with Crippen molar-refractivity contribution in [2.75, 3.05) is 31.2 Å². The number of ether oxygens (including phenoxy) is 2. The van der Waals surface area contributed by atoms with E-state index in [2.05, 4.69) is 16.3 Å². The molecule has 4 fully saturated rings. The lowest BCUT2D eigenvalue weighted by Crippen LogP contribution is -2.55. The minimum Gasteiger partial charge on any atom is -0.444 e. The molecule has 3 heterocycles. The Hall–Kier alpha value is -2.86. The Balaban J connectivity index is 1.23. The highest BCUT2D eigenvalue weighted by atomic mass is 19.1. The number of amides is 2. The van der Waals surface area contributed by atoms with Gasteiger partial charge in [-0.2, -0.15) is 5.26 Å². The van der Waals surface area contributed by atoms with Gasteiger partial charge in [0, 0.05) is 43.8 Å². The number of carbonyl (C=O) groups excluding carboxylic acids is 2. The highest BCUT2D eigenvalue weighted by Gasteiger charge is 2.52. The Kier molecular flexibility index (Phi) is 7.06. The standard InChI is InChI=1S/C28H37FN4O4/c1-28(2,3)37-27(35)33-23-7-5-18(11-23)25(33)26(34)31-21(13-30)10-17-4-6-22(12-24(17)29)32-9-8-19-15-36-16-20(19)14-32/h4,6,12,18-21,23,25H,5,7-11,14-16H2,1-3H3,(H,31,34)/t18-,19?,20?,21-,23+,25-/m0/s1. The fraction of sp³-hybridized carbons (Fsp3) is 0.679. The predicted octanol–water partition coefficient (Wildman–Crippen LogP) is 3.64. The van der Waals surface area contributed by atoms with Gasteiger partial charge in [0.25, 0.3) is 0 Å². The quantitative estimate of drug-likeness (QED) is 0.647. The van der Waals surface area contributed by atoms with Gasteiger partial charge in [0.05, 0.1) is 12.7 Å². The number of nitriles is 1. The van der Waals surface area contributed by atoms with Gasteiger partial charge in [-0.05, 0) is 76.0 Å². The third-order valence-electron chi connectivity index (χ3n) is 8.31. The summed E-state index contributed by atoms with van der Waals surface area (Å²) in [5, 5.41) is 12.5. The molecule has 2 unspecified atom stereocenters. The van der Waals surface area contributed by atoms with E-state index in [1.165, 1.54) is 6.07 Å². The van der Waals surface area contributed by atoms with Gasteiger partial charge < -0.3 is 19.7 Å². The number of halogens is 1. The molecule has 8 nitrogen and oxygen atoms in total. The number of anilines is 1. The number of piperidine rings is 2. The van der Waals surface area contributed by atoms with E-state index in [4.69, 9.17) is 9.47 Å². The zero-order valence-corrected chi connectivity index (χ0v) is 21.9. The zero-order chi connectivity index (χ0) is 26.3. The van der Waals surface area contributed by atoms with E-state index in [-0.39, 0.29) is 30.1 Å². The second kappa shape index (κ2) is 10.1. The van der Waals surface area contributed by atoms with E-state index in [0.29, 0.717) is 17.4 Å². The fourth-order valence-electron chi connectivity index (χ4n) is 6.50. The van der Waals surface area contributed by atoms with Crippen LogP contribution in [0.25, 0.3) is 0 Å². The van der Waals surface area contributed by atoms with Crippen LogP contribution in [-0.4, -0.2) is 66.9 Å². The summed E-state index contributed by atoms with van der Waals surface area (Å²) in [6.07, 6.45) is 3.07. The van der Waals surface area contributed by atoms with Crippen molar-refractivity contribution in [3.05, 3.63) is 29.6 Å². The van der Waals surface area contributed by atoms with Crippen molar-refractivity contribution < 1.29 is 23.5 Å². The normalized spacial score (nSPS) is 29.5. The van der Waals surface area contributed by atoms with E-state index in [1.54, 1.807) is 31.7 Å². The maximum atomic E-state index is 15.1. The largest absolute Gasteiger partial charge is 0.444 e. The van der Waals surface area contributed by atoms with Gasteiger partial charge in [-0.15, -0.1) is 0 Å². The molecular formula is C28H37FN4O4. The molecule has 1 aliphatic carbocycles. The number of hydrogen-bond acceptors (Lipinski definition) is 6. The average molecular weight is 513 g/mol. The van der Waals surface area contributed by atoms with E-state index in [0.717, 1.165) is 57.7 Å². The number of fused-ring (bicyclic) bond motifs is 3. The third-order valence-corrected chi connectivity index (χ3v) is 8.31. The van der Waals surface area contributed by atoms with Crippen LogP contribution in [0.3, 0.4) is 0 Å². The first-order chi connectivity index (χ1) is 17.6. The maximum Gasteiger partial charge on any atom is 0.411 e. The van der Waals surface area contributed by atoms with Crippen LogP contribution in [0.2, 0.25) is 0 Å². The molecule has 0 spiro atoms. The Labute approximate surface area is 218 Å². The average Bonchev–Trinajstić information content (AvgIpc) is 3.59. The van der Waals surface area contributed by atoms with Crippen molar-refractivity contribution in [1.29, 1.82) is 5.26 Å². The van der Waals surface area contributed by atoms with Crippen LogP contribution < -0.4 is 10.2 Å². The molecule has 5 rings (SSSR count). The van der Waals surface area contributed by atoms with Gasteiger partial charge in [-0.3, -0.25) is 9.69 Å². The lowest BCUT2D eigenvalue weighted by atomic mass is 9.88. The molecule has 0 aromatic heterocycles. The van der Waals surface area contributed by atoms with Crippen molar-refractivity contribution in [3.8, 4) is 6.07 Å². The van der Waals surface area contributed by atoms with Crippen LogP contribution in [0.5, 0.6) is 0 Å². The second-order valence-electron chi connectivity index (χ2n) is 12.0. The SMILES string of the molecule is CC(C)(C)OC(=O)N1[C@@H]2CC[C@@H](C2)[C@H]1C(=O)N[C@H](C#N)Cc1ccc(N2CCC3COCC3C2)cc1F. The lowest BCUT2D eigenvalue weighted by molar-refractivity contribution is -0.128. The molecule has 200 valence electrons. The minimum atomic E-state index is -0.904. The van der Waals surface area contributed by atoms with Gasteiger partial charge in [-0.25, -0.2) is 9.18 Å². The smallest absolute Gasteiger partial charge is 0.411 e. The lowest BCUT2D eigenvalue weighted by Gasteiger charge is -2.36. The number of nitrogens with zero attached hydrogens (tertiary/aromatic N) is 3. The van der Waals surface area contributed by atoms with E-state index in [9.17, 15) is 14.9 Å². The first-order valence-electron chi connectivity index (χ1n) is 13.5. The third kappa shape index (κ3) is 5.40. The molecule has 2 bridgehead atoms. The minimum absolute atomic E-state index is 0.0259. The molecule has 0 radical (unpaired) electrons. The van der Waals surface area contributed by atoms with Crippen molar-refractivity contribution in [1.82, 2.24) is 10.2 Å². The summed E-state index contributed by atoms with van der Waals surface area (Å²) in [4.78, 5) is 29.9. The highest BCUT2D eigenvalue weighted by Crippen LogP contribution is 2.43. The molecule has 3 aliphatic heterocycles. The molecule has 9 heteroatoms. The fourth-order valence-corrected chi connectivity index (χ4v) is 6.50. The number of benzene rings is 1. The summed E-state index contributed by atoms with van der Waals surface area (Å²) in [5.41, 5.74) is 0.547. The zero-order valence-electron chi connectivity index (χ0n) is 21.9. The van der Waals surface area contributed by atoms with Crippen LogP contribution in [0.4, 0.5) is 14.9 Å². The summed E-state index contributed by atoms with van der Waals surface area (Å²) >= 11 is 0. The summed E-state index contributed by atoms with van der Waals surface area (Å²) in [7, 11) is 0. The number of hydrogen-bond donors (Lipinski definition) is 1. The van der Waals surface area contributed by atoms with Crippen LogP contribution >= 0.6 is 0 Å². The number of nitrogens with one attached hydrogen (secondary N) is 1. The molecule has 1 aromatic rings. The number of likely N-dealkylation sites (tertiary alicyclic amines) is 1. The number of rotatable bonds is 5. The van der Waals surface area contributed by atoms with Gasteiger partial charge in [-0.1, -0.05) is 6.07 Å². The first-order valence-corrected chi connectivity index (χ1v) is 13.5. The van der Waals surface area contributed by atoms with Crippen molar-refractivity contribution in [2.24, 2.45) is 17.8 Å². The summed E-state index contributed by atoms with van der Waals surface area (Å²) in [6, 6.07) is 5.64. The molecule has 37 heavy (non-hydrogen) atoms. The Bertz CT molecular complexity index is 1080. The van der Waals surface area contributed by atoms with Crippen molar-refractivity contribution in [3.63, 3.8) is 0 Å². The Morgan fingerprint density at radius 2 is 2.00 bits per heavy atom. The topological polar surface area (TPSA) is 94.9 Å². The molecule has 4 aliphatic rings. The second-order valence-corrected chi connectivity index (χ2v) is 12.0. The van der Waals surface area contributed by atoms with E-state index >= 15 is 4.39 Å². The molecule has 3 saturated heterocycles. The van der Waals surface area contributed by atoms with E-state index < -0.39 is 23.8 Å². The first kappa shape index (κ1) is 25.8. The summed E-state index contributed by atoms with van der Waals surface area (Å²) in [5.74, 6) is 0.375. The van der Waals surface area contributed by atoms with Crippen LogP contribution in [0.15, 0.2) is 18.2 Å². The summed E-state index contributed by atoms with van der Waals surface area (Å²) in [6.45, 7) is 8.71. The highest BCUT2D eigenvalue weighted by molar-refractivity contribution is 5.87. The van der Waals surface area contributed by atoms with Gasteiger partial charge >= 0.3 is 6.09 Å². The van der Waals surface area contributed by atoms with Crippen molar-refractivity contribution in [2.45, 2.75) is 76.6 Å². The number of carbonyl (C=O) groups is 2. The van der Waals surface area contributed by atoms with Crippen LogP contribution in [0, 0.1) is 34.9 Å². The van der Waals surface area contributed by atoms with Crippen LogP contribution in [0.1, 0.15) is 52.0 Å². The van der Waals surface area contributed by atoms with Gasteiger partial charge in [0.15, 0.2) is 0 Å². The van der Waals surface area contributed by atoms with Crippen molar-refractivity contribution >= 4 is 17.7 Å². The Morgan fingerprint density at radius 3 is 2.73 bits per heavy atom. The molecule has 6 atom stereocenters. The van der Waals surface area contributed by atoms with Gasteiger partial charge in [0.2, 0.25) is 5.91 Å². The maximum absolute atomic E-state index is 15.1. The summed E-state index contributed by atoms with van der Waals surface area (Å²) < 4.78 is 26.3. The molecule has 1 saturated carbocycles. The molecule has 2 amide bonds. The Morgan fingerprint density at radius 1 is 1.22 bits per heavy atom. The van der Waals surface area contributed by atoms with E-state index in [1.807, 2.05) is 6.07 Å².